The second-order valence-electron chi connectivity index (χ2n) is 3.91. The van der Waals surface area contributed by atoms with E-state index in [0.717, 1.165) is 6.54 Å². The standard InChI is InChI=1S/C11H19NOS2/c1-8-5-6-14-11(8)10(3)12-7-9(2)15(4)13/h5-6,9-10,12H,7H2,1-4H3. The highest BCUT2D eigenvalue weighted by Crippen LogP contribution is 2.23. The van der Waals surface area contributed by atoms with Gasteiger partial charge in [-0.3, -0.25) is 4.21 Å². The SMILES string of the molecule is Cc1ccsc1C(C)NCC(C)S(C)=O. The lowest BCUT2D eigenvalue weighted by atomic mass is 10.2. The molecule has 1 aromatic heterocycles. The first kappa shape index (κ1) is 12.9. The molecule has 0 aliphatic rings. The molecule has 0 bridgehead atoms. The minimum Gasteiger partial charge on any atom is -0.308 e. The summed E-state index contributed by atoms with van der Waals surface area (Å²) in [5, 5.41) is 5.76. The van der Waals surface area contributed by atoms with E-state index in [9.17, 15) is 4.21 Å². The third-order valence-electron chi connectivity index (χ3n) is 2.57. The van der Waals surface area contributed by atoms with Crippen LogP contribution in [0.4, 0.5) is 0 Å². The minimum absolute atomic E-state index is 0.215. The van der Waals surface area contributed by atoms with E-state index in [2.05, 4.69) is 30.6 Å². The van der Waals surface area contributed by atoms with Crippen molar-refractivity contribution in [3.05, 3.63) is 21.9 Å². The highest BCUT2D eigenvalue weighted by Gasteiger charge is 2.12. The van der Waals surface area contributed by atoms with Crippen molar-refractivity contribution in [2.45, 2.75) is 32.1 Å². The summed E-state index contributed by atoms with van der Waals surface area (Å²) in [6, 6.07) is 2.50. The summed E-state index contributed by atoms with van der Waals surface area (Å²) in [5.74, 6) is 0. The molecule has 1 rings (SSSR count). The number of nitrogens with one attached hydrogen (secondary N) is 1. The van der Waals surface area contributed by atoms with Gasteiger partial charge in [-0.25, -0.2) is 0 Å². The second kappa shape index (κ2) is 5.77. The van der Waals surface area contributed by atoms with Crippen molar-refractivity contribution in [2.24, 2.45) is 0 Å². The van der Waals surface area contributed by atoms with E-state index >= 15 is 0 Å². The Morgan fingerprint density at radius 2 is 2.20 bits per heavy atom. The Bertz CT molecular complexity index is 335. The van der Waals surface area contributed by atoms with E-state index in [4.69, 9.17) is 0 Å². The van der Waals surface area contributed by atoms with E-state index in [1.807, 2.05) is 6.92 Å². The molecule has 0 spiro atoms. The molecule has 0 radical (unpaired) electrons. The van der Waals surface area contributed by atoms with Gasteiger partial charge >= 0.3 is 0 Å². The van der Waals surface area contributed by atoms with Crippen LogP contribution in [0.5, 0.6) is 0 Å². The lowest BCUT2D eigenvalue weighted by Crippen LogP contribution is -2.29. The molecule has 0 aliphatic heterocycles. The normalized spacial score (nSPS) is 17.3. The van der Waals surface area contributed by atoms with Crippen LogP contribution in [-0.4, -0.2) is 22.3 Å². The minimum atomic E-state index is -0.738. The molecular weight excluding hydrogens is 226 g/mol. The molecule has 0 aliphatic carbocycles. The Labute approximate surface area is 98.6 Å². The zero-order chi connectivity index (χ0) is 11.4. The van der Waals surface area contributed by atoms with E-state index in [-0.39, 0.29) is 5.25 Å². The van der Waals surface area contributed by atoms with Crippen LogP contribution in [0.15, 0.2) is 11.4 Å². The molecule has 0 saturated carbocycles. The predicted octanol–water partition coefficient (Wildman–Crippen LogP) is 2.47. The third kappa shape index (κ3) is 3.70. The molecule has 1 N–H and O–H groups in total. The summed E-state index contributed by atoms with van der Waals surface area (Å²) in [5.41, 5.74) is 1.34. The van der Waals surface area contributed by atoms with Gasteiger partial charge in [0, 0.05) is 39.8 Å². The van der Waals surface area contributed by atoms with Crippen LogP contribution in [0.3, 0.4) is 0 Å². The molecule has 15 heavy (non-hydrogen) atoms. The number of thiophene rings is 1. The molecule has 86 valence electrons. The fraction of sp³-hybridized carbons (Fsp3) is 0.636. The van der Waals surface area contributed by atoms with E-state index in [1.165, 1.54) is 10.4 Å². The van der Waals surface area contributed by atoms with Crippen LogP contribution in [0, 0.1) is 6.92 Å². The molecule has 3 atom stereocenters. The molecule has 2 nitrogen and oxygen atoms in total. The van der Waals surface area contributed by atoms with Crippen molar-refractivity contribution in [1.29, 1.82) is 0 Å². The summed E-state index contributed by atoms with van der Waals surface area (Å²) in [4.78, 5) is 1.38. The average Bonchev–Trinajstić information content (AvgIpc) is 2.60. The topological polar surface area (TPSA) is 29.1 Å². The number of hydrogen-bond donors (Lipinski definition) is 1. The third-order valence-corrected chi connectivity index (χ3v) is 5.07. The lowest BCUT2D eigenvalue weighted by molar-refractivity contribution is 0.574. The Kier molecular flexibility index (Phi) is 4.96. The van der Waals surface area contributed by atoms with Crippen LogP contribution in [0.2, 0.25) is 0 Å². The Hall–Kier alpha value is -0.190. The summed E-state index contributed by atoms with van der Waals surface area (Å²) >= 11 is 1.78. The molecule has 1 heterocycles. The largest absolute Gasteiger partial charge is 0.308 e. The number of hydrogen-bond acceptors (Lipinski definition) is 3. The van der Waals surface area contributed by atoms with Gasteiger partial charge < -0.3 is 5.32 Å². The highest BCUT2D eigenvalue weighted by molar-refractivity contribution is 7.84. The van der Waals surface area contributed by atoms with Gasteiger partial charge in [-0.05, 0) is 37.8 Å². The molecular formula is C11H19NOS2. The number of aryl methyl sites for hydroxylation is 1. The number of rotatable bonds is 5. The zero-order valence-electron chi connectivity index (χ0n) is 9.74. The van der Waals surface area contributed by atoms with Gasteiger partial charge in [0.05, 0.1) is 0 Å². The molecule has 0 fully saturated rings. The summed E-state index contributed by atoms with van der Waals surface area (Å²) in [6.45, 7) is 7.11. The lowest BCUT2D eigenvalue weighted by Gasteiger charge is -2.16. The predicted molar refractivity (Wildman–Crippen MR) is 69.0 cm³/mol. The van der Waals surface area contributed by atoms with Crippen LogP contribution in [0.1, 0.15) is 30.3 Å². The molecule has 1 aromatic rings. The quantitative estimate of drug-likeness (QED) is 0.863. The van der Waals surface area contributed by atoms with Crippen LogP contribution in [0.25, 0.3) is 0 Å². The monoisotopic (exact) mass is 245 g/mol. The Balaban J connectivity index is 2.47. The summed E-state index contributed by atoms with van der Waals surface area (Å²) in [7, 11) is -0.738. The van der Waals surface area contributed by atoms with Gasteiger partial charge in [-0.2, -0.15) is 0 Å². The summed E-state index contributed by atoms with van der Waals surface area (Å²) in [6.07, 6.45) is 1.76. The van der Waals surface area contributed by atoms with Crippen molar-refractivity contribution in [1.82, 2.24) is 5.32 Å². The second-order valence-corrected chi connectivity index (χ2v) is 6.66. The van der Waals surface area contributed by atoms with Crippen LogP contribution < -0.4 is 5.32 Å². The smallest absolute Gasteiger partial charge is 0.0441 e. The fourth-order valence-corrected chi connectivity index (χ4v) is 2.67. The Morgan fingerprint density at radius 3 is 2.67 bits per heavy atom. The van der Waals surface area contributed by atoms with Crippen molar-refractivity contribution in [3.8, 4) is 0 Å². The van der Waals surface area contributed by atoms with E-state index in [0.29, 0.717) is 6.04 Å². The summed E-state index contributed by atoms with van der Waals surface area (Å²) < 4.78 is 11.2. The first-order valence-corrected chi connectivity index (χ1v) is 7.62. The first-order chi connectivity index (χ1) is 7.02. The first-order valence-electron chi connectivity index (χ1n) is 5.12. The average molecular weight is 245 g/mol. The molecule has 0 aromatic carbocycles. The van der Waals surface area contributed by atoms with Gasteiger partial charge in [0.25, 0.3) is 0 Å². The molecule has 0 saturated heterocycles. The van der Waals surface area contributed by atoms with Crippen molar-refractivity contribution in [3.63, 3.8) is 0 Å². The van der Waals surface area contributed by atoms with Gasteiger partial charge in [-0.1, -0.05) is 0 Å². The van der Waals surface area contributed by atoms with Crippen LogP contribution >= 0.6 is 11.3 Å². The van der Waals surface area contributed by atoms with Crippen molar-refractivity contribution >= 4 is 22.1 Å². The fourth-order valence-electron chi connectivity index (χ4n) is 1.38. The van der Waals surface area contributed by atoms with Gasteiger partial charge in [0.2, 0.25) is 0 Å². The van der Waals surface area contributed by atoms with Crippen molar-refractivity contribution in [2.75, 3.05) is 12.8 Å². The maximum Gasteiger partial charge on any atom is 0.0441 e. The van der Waals surface area contributed by atoms with Gasteiger partial charge in [0.1, 0.15) is 0 Å². The molecule has 0 amide bonds. The maximum atomic E-state index is 11.2. The van der Waals surface area contributed by atoms with E-state index < -0.39 is 10.8 Å². The van der Waals surface area contributed by atoms with Gasteiger partial charge in [-0.15, -0.1) is 11.3 Å². The van der Waals surface area contributed by atoms with Gasteiger partial charge in [0.15, 0.2) is 0 Å². The van der Waals surface area contributed by atoms with Crippen molar-refractivity contribution < 1.29 is 4.21 Å². The van der Waals surface area contributed by atoms with Crippen LogP contribution in [-0.2, 0) is 10.8 Å². The zero-order valence-corrected chi connectivity index (χ0v) is 11.4. The Morgan fingerprint density at radius 1 is 1.53 bits per heavy atom. The molecule has 4 heteroatoms. The maximum absolute atomic E-state index is 11.2. The van der Waals surface area contributed by atoms with E-state index in [1.54, 1.807) is 17.6 Å². The highest BCUT2D eigenvalue weighted by atomic mass is 32.2. The molecule has 3 unspecified atom stereocenters.